The maximum absolute atomic E-state index is 13.4. The molecule has 192 valence electrons. The second-order valence-electron chi connectivity index (χ2n) is 9.63. The second-order valence-corrected chi connectivity index (χ2v) is 9.63. The number of carbonyl (C=O) groups excluding carboxylic acids is 1. The summed E-state index contributed by atoms with van der Waals surface area (Å²) >= 11 is 0. The summed E-state index contributed by atoms with van der Waals surface area (Å²) in [6, 6.07) is 16.6. The van der Waals surface area contributed by atoms with Crippen molar-refractivity contribution in [2.24, 2.45) is 0 Å². The fourth-order valence-corrected chi connectivity index (χ4v) is 5.27. The highest BCUT2D eigenvalue weighted by Gasteiger charge is 2.27. The minimum Gasteiger partial charge on any atom is -0.480 e. The van der Waals surface area contributed by atoms with E-state index in [0.29, 0.717) is 5.65 Å². The number of aromatic nitrogens is 4. The molecule has 0 bridgehead atoms. The van der Waals surface area contributed by atoms with Gasteiger partial charge in [-0.25, -0.2) is 9.78 Å². The molecule has 2 aromatic carbocycles. The van der Waals surface area contributed by atoms with Gasteiger partial charge in [0.25, 0.3) is 5.91 Å². The summed E-state index contributed by atoms with van der Waals surface area (Å²) in [6.45, 7) is 1.79. The Morgan fingerprint density at radius 2 is 1.76 bits per heavy atom. The maximum Gasteiger partial charge on any atom is 0.326 e. The second kappa shape index (κ2) is 10.0. The number of carboxylic acids is 1. The molecule has 0 radical (unpaired) electrons. The van der Waals surface area contributed by atoms with Gasteiger partial charge in [0.1, 0.15) is 17.4 Å². The standard InChI is InChI=1S/C29H28N6O3/c36-27(33-25(29(37)38)15-20-16-30-24-12-6-5-11-21(20)24)23-18-32-35-26(23)31-17-22(19-9-3-1-4-10-19)28(35)34-13-7-2-8-14-34/h1,3-6,9-12,16-18,25,30H,2,7-8,13-15H2,(H,33,36)(H,37,38)/t25-/m0/s1. The Morgan fingerprint density at radius 1 is 1.00 bits per heavy atom. The molecule has 6 rings (SSSR count). The summed E-state index contributed by atoms with van der Waals surface area (Å²) in [4.78, 5) is 35.6. The number of hydrogen-bond acceptors (Lipinski definition) is 5. The zero-order chi connectivity index (χ0) is 26.1. The summed E-state index contributed by atoms with van der Waals surface area (Å²) in [5.74, 6) is -0.723. The average Bonchev–Trinajstić information content (AvgIpc) is 3.57. The van der Waals surface area contributed by atoms with Crippen LogP contribution in [-0.4, -0.2) is 55.7 Å². The summed E-state index contributed by atoms with van der Waals surface area (Å²) < 4.78 is 1.72. The van der Waals surface area contributed by atoms with Gasteiger partial charge in [-0.05, 0) is 36.5 Å². The number of aromatic amines is 1. The molecule has 0 aliphatic carbocycles. The average molecular weight is 509 g/mol. The smallest absolute Gasteiger partial charge is 0.326 e. The third-order valence-corrected chi connectivity index (χ3v) is 7.19. The number of para-hydroxylation sites is 1. The van der Waals surface area contributed by atoms with Crippen LogP contribution in [-0.2, 0) is 11.2 Å². The monoisotopic (exact) mass is 508 g/mol. The van der Waals surface area contributed by atoms with Gasteiger partial charge in [0.05, 0.1) is 6.20 Å². The van der Waals surface area contributed by atoms with Crippen LogP contribution in [0.3, 0.4) is 0 Å². The molecule has 1 aliphatic heterocycles. The van der Waals surface area contributed by atoms with E-state index in [1.54, 1.807) is 16.9 Å². The molecular weight excluding hydrogens is 480 g/mol. The largest absolute Gasteiger partial charge is 0.480 e. The van der Waals surface area contributed by atoms with Gasteiger partial charge in [0.2, 0.25) is 0 Å². The van der Waals surface area contributed by atoms with Crippen LogP contribution in [0, 0.1) is 0 Å². The van der Waals surface area contributed by atoms with E-state index in [2.05, 4.69) is 25.3 Å². The van der Waals surface area contributed by atoms with E-state index in [4.69, 9.17) is 0 Å². The van der Waals surface area contributed by atoms with Gasteiger partial charge in [-0.2, -0.15) is 9.61 Å². The van der Waals surface area contributed by atoms with Crippen LogP contribution in [0.2, 0.25) is 0 Å². The number of anilines is 1. The van der Waals surface area contributed by atoms with Crippen molar-refractivity contribution in [3.8, 4) is 11.1 Å². The van der Waals surface area contributed by atoms with Crippen molar-refractivity contribution in [3.05, 3.63) is 84.3 Å². The van der Waals surface area contributed by atoms with Crippen molar-refractivity contribution in [1.82, 2.24) is 24.9 Å². The number of piperidine rings is 1. The first-order valence-corrected chi connectivity index (χ1v) is 12.9. The zero-order valence-electron chi connectivity index (χ0n) is 20.8. The number of fused-ring (bicyclic) bond motifs is 2. The number of carboxylic acid groups (broad SMARTS) is 1. The molecular formula is C29H28N6O3. The van der Waals surface area contributed by atoms with E-state index < -0.39 is 17.9 Å². The topological polar surface area (TPSA) is 116 Å². The van der Waals surface area contributed by atoms with Crippen molar-refractivity contribution in [2.45, 2.75) is 31.7 Å². The highest BCUT2D eigenvalue weighted by atomic mass is 16.4. The zero-order valence-corrected chi connectivity index (χ0v) is 20.8. The molecule has 1 amide bonds. The van der Waals surface area contributed by atoms with Gasteiger partial charge in [-0.3, -0.25) is 4.79 Å². The van der Waals surface area contributed by atoms with Crippen molar-refractivity contribution in [2.75, 3.05) is 18.0 Å². The summed E-state index contributed by atoms with van der Waals surface area (Å²) in [5.41, 5.74) is 4.36. The van der Waals surface area contributed by atoms with E-state index in [1.807, 2.05) is 54.6 Å². The SMILES string of the molecule is O=C(N[C@@H](Cc1c[nH]c2ccccc12)C(=O)O)c1cnn2c(N3CCCCC3)c(-c3ccccc3)cnc12. The summed E-state index contributed by atoms with van der Waals surface area (Å²) in [7, 11) is 0. The normalized spacial score (nSPS) is 14.6. The van der Waals surface area contributed by atoms with Crippen LogP contribution in [0.4, 0.5) is 5.82 Å². The number of amides is 1. The molecule has 1 fully saturated rings. The molecule has 38 heavy (non-hydrogen) atoms. The lowest BCUT2D eigenvalue weighted by Crippen LogP contribution is -2.42. The predicted molar refractivity (Wildman–Crippen MR) is 145 cm³/mol. The third kappa shape index (κ3) is 4.36. The highest BCUT2D eigenvalue weighted by molar-refractivity contribution is 6.02. The first-order chi connectivity index (χ1) is 18.6. The molecule has 9 heteroatoms. The van der Waals surface area contributed by atoms with Crippen LogP contribution in [0.1, 0.15) is 35.2 Å². The minimum absolute atomic E-state index is 0.148. The van der Waals surface area contributed by atoms with E-state index in [9.17, 15) is 14.7 Å². The van der Waals surface area contributed by atoms with Gasteiger partial charge in [0.15, 0.2) is 5.65 Å². The molecule has 5 aromatic rings. The van der Waals surface area contributed by atoms with Gasteiger partial charge in [-0.15, -0.1) is 0 Å². The molecule has 3 aromatic heterocycles. The molecule has 3 N–H and O–H groups in total. The number of nitrogens with one attached hydrogen (secondary N) is 2. The molecule has 0 saturated carbocycles. The number of rotatable bonds is 7. The number of H-pyrrole nitrogens is 1. The number of aliphatic carboxylic acids is 1. The Hall–Kier alpha value is -4.66. The summed E-state index contributed by atoms with van der Waals surface area (Å²) in [6.07, 6.45) is 8.56. The quantitative estimate of drug-likeness (QED) is 0.302. The number of benzene rings is 2. The molecule has 0 spiro atoms. The van der Waals surface area contributed by atoms with Gasteiger partial charge >= 0.3 is 5.97 Å². The summed E-state index contributed by atoms with van der Waals surface area (Å²) in [5, 5.41) is 18.1. The Balaban J connectivity index is 1.34. The number of carbonyl (C=O) groups is 2. The molecule has 9 nitrogen and oxygen atoms in total. The van der Waals surface area contributed by atoms with Crippen LogP contribution >= 0.6 is 0 Å². The van der Waals surface area contributed by atoms with Crippen molar-refractivity contribution in [1.29, 1.82) is 0 Å². The maximum atomic E-state index is 13.4. The lowest BCUT2D eigenvalue weighted by molar-refractivity contribution is -0.139. The van der Waals surface area contributed by atoms with Crippen molar-refractivity contribution in [3.63, 3.8) is 0 Å². The van der Waals surface area contributed by atoms with Gasteiger partial charge in [0, 0.05) is 48.4 Å². The first kappa shape index (κ1) is 23.7. The predicted octanol–water partition coefficient (Wildman–Crippen LogP) is 4.29. The number of hydrogen-bond donors (Lipinski definition) is 3. The van der Waals surface area contributed by atoms with E-state index in [0.717, 1.165) is 59.3 Å². The van der Waals surface area contributed by atoms with E-state index in [-0.39, 0.29) is 12.0 Å². The first-order valence-electron chi connectivity index (χ1n) is 12.9. The minimum atomic E-state index is -1.11. The molecule has 0 unspecified atom stereocenters. The Kier molecular flexibility index (Phi) is 6.25. The van der Waals surface area contributed by atoms with E-state index in [1.165, 1.54) is 12.6 Å². The molecule has 1 saturated heterocycles. The fourth-order valence-electron chi connectivity index (χ4n) is 5.27. The van der Waals surface area contributed by atoms with Crippen LogP contribution in [0.15, 0.2) is 73.2 Å². The lowest BCUT2D eigenvalue weighted by atomic mass is 10.0. The Labute approximate surface area is 219 Å². The lowest BCUT2D eigenvalue weighted by Gasteiger charge is -2.30. The van der Waals surface area contributed by atoms with E-state index >= 15 is 0 Å². The van der Waals surface area contributed by atoms with Crippen LogP contribution in [0.25, 0.3) is 27.7 Å². The molecule has 1 atom stereocenters. The van der Waals surface area contributed by atoms with Crippen LogP contribution in [0.5, 0.6) is 0 Å². The van der Waals surface area contributed by atoms with Gasteiger partial charge in [-0.1, -0.05) is 48.5 Å². The van der Waals surface area contributed by atoms with Crippen molar-refractivity contribution < 1.29 is 14.7 Å². The van der Waals surface area contributed by atoms with Gasteiger partial charge < -0.3 is 20.3 Å². The Morgan fingerprint density at radius 3 is 2.55 bits per heavy atom. The fraction of sp³-hybridized carbons (Fsp3) is 0.241. The van der Waals surface area contributed by atoms with Crippen molar-refractivity contribution >= 4 is 34.2 Å². The molecule has 4 heterocycles. The highest BCUT2D eigenvalue weighted by Crippen LogP contribution is 2.33. The molecule has 1 aliphatic rings. The third-order valence-electron chi connectivity index (χ3n) is 7.19. The van der Waals surface area contributed by atoms with Crippen LogP contribution < -0.4 is 10.2 Å². The number of nitrogens with zero attached hydrogens (tertiary/aromatic N) is 4. The Bertz CT molecular complexity index is 1620.